The molecule has 1 unspecified atom stereocenters. The zero-order valence-electron chi connectivity index (χ0n) is 15.6. The molecule has 0 spiro atoms. The van der Waals surface area contributed by atoms with Crippen molar-refractivity contribution in [3.8, 4) is 0 Å². The fourth-order valence-electron chi connectivity index (χ4n) is 4.06. The topological polar surface area (TPSA) is 81.9 Å². The first-order valence-electron chi connectivity index (χ1n) is 10.1. The molecular weight excluding hydrogens is 342 g/mol. The van der Waals surface area contributed by atoms with Gasteiger partial charge in [-0.15, -0.1) is 5.10 Å². The van der Waals surface area contributed by atoms with Gasteiger partial charge < -0.3 is 10.1 Å². The number of unbranched alkanes of at least 4 members (excludes halogenated alkanes) is 1. The lowest BCUT2D eigenvalue weighted by atomic mass is 9.95. The highest BCUT2D eigenvalue weighted by molar-refractivity contribution is 5.97. The normalized spacial score (nSPS) is 20.3. The Bertz CT molecular complexity index is 769. The predicted molar refractivity (Wildman–Crippen MR) is 101 cm³/mol. The van der Waals surface area contributed by atoms with Gasteiger partial charge in [0.2, 0.25) is 0 Å². The fourth-order valence-corrected chi connectivity index (χ4v) is 4.06. The number of carbonyl (C=O) groups excluding carboxylic acids is 1. The first kappa shape index (κ1) is 18.1. The third-order valence-electron chi connectivity index (χ3n) is 5.57. The molecule has 7 nitrogen and oxygen atoms in total. The van der Waals surface area contributed by atoms with Crippen molar-refractivity contribution < 1.29 is 9.53 Å². The molecule has 1 N–H and O–H groups in total. The van der Waals surface area contributed by atoms with Crippen molar-refractivity contribution in [2.24, 2.45) is 0 Å². The van der Waals surface area contributed by atoms with Gasteiger partial charge in [0.1, 0.15) is 6.10 Å². The molecule has 1 aliphatic heterocycles. The van der Waals surface area contributed by atoms with Crippen molar-refractivity contribution in [2.75, 3.05) is 11.9 Å². The summed E-state index contributed by atoms with van der Waals surface area (Å²) >= 11 is 0. The summed E-state index contributed by atoms with van der Waals surface area (Å²) in [5.74, 6) is 0.932. The molecule has 1 saturated carbocycles. The van der Waals surface area contributed by atoms with Crippen LogP contribution >= 0.6 is 0 Å². The Morgan fingerprint density at radius 2 is 2.00 bits per heavy atom. The Balaban J connectivity index is 1.21. The van der Waals surface area contributed by atoms with Crippen LogP contribution in [0.15, 0.2) is 24.3 Å². The highest BCUT2D eigenvalue weighted by Crippen LogP contribution is 2.28. The zero-order valence-corrected chi connectivity index (χ0v) is 15.6. The van der Waals surface area contributed by atoms with Crippen LogP contribution < -0.4 is 5.32 Å². The lowest BCUT2D eigenvalue weighted by Crippen LogP contribution is -2.36. The number of aromatic nitrogens is 4. The maximum Gasteiger partial charge on any atom is 0.253 e. The Labute approximate surface area is 159 Å². The number of ether oxygens (including phenoxy) is 1. The van der Waals surface area contributed by atoms with Crippen LogP contribution in [0.2, 0.25) is 0 Å². The number of nitrogens with one attached hydrogen (secondary N) is 1. The van der Waals surface area contributed by atoms with E-state index in [0.29, 0.717) is 19.1 Å². The van der Waals surface area contributed by atoms with Gasteiger partial charge in [0, 0.05) is 25.1 Å². The zero-order chi connectivity index (χ0) is 18.5. The van der Waals surface area contributed by atoms with E-state index < -0.39 is 6.10 Å². The van der Waals surface area contributed by atoms with E-state index in [4.69, 9.17) is 4.74 Å². The number of amides is 1. The molecule has 7 heteroatoms. The molecule has 1 amide bonds. The number of anilines is 1. The van der Waals surface area contributed by atoms with E-state index in [9.17, 15) is 4.79 Å². The van der Waals surface area contributed by atoms with Crippen molar-refractivity contribution in [3.63, 3.8) is 0 Å². The molecule has 144 valence electrons. The quantitative estimate of drug-likeness (QED) is 0.759. The SMILES string of the molecule is O=C1Nc2ccccc2CC1OCCCCc1nnnn1C1CCCCC1. The second-order valence-electron chi connectivity index (χ2n) is 7.50. The number of rotatable bonds is 7. The Hall–Kier alpha value is -2.28. The van der Waals surface area contributed by atoms with E-state index in [2.05, 4.69) is 20.8 Å². The minimum atomic E-state index is -0.396. The number of tetrazole rings is 1. The minimum Gasteiger partial charge on any atom is -0.368 e. The van der Waals surface area contributed by atoms with E-state index >= 15 is 0 Å². The maximum absolute atomic E-state index is 12.2. The van der Waals surface area contributed by atoms with Crippen LogP contribution in [0.25, 0.3) is 0 Å². The molecule has 2 heterocycles. The van der Waals surface area contributed by atoms with Crippen molar-refractivity contribution >= 4 is 11.6 Å². The molecule has 1 fully saturated rings. The predicted octanol–water partition coefficient (Wildman–Crippen LogP) is 3.08. The second kappa shape index (κ2) is 8.61. The van der Waals surface area contributed by atoms with Crippen LogP contribution in [0.5, 0.6) is 0 Å². The molecular formula is C20H27N5O2. The van der Waals surface area contributed by atoms with Crippen molar-refractivity contribution in [2.45, 2.75) is 69.9 Å². The van der Waals surface area contributed by atoms with Crippen LogP contribution in [0, 0.1) is 0 Å². The van der Waals surface area contributed by atoms with Crippen molar-refractivity contribution in [3.05, 3.63) is 35.7 Å². The van der Waals surface area contributed by atoms with Gasteiger partial charge in [-0.3, -0.25) is 4.79 Å². The Morgan fingerprint density at radius 3 is 2.89 bits per heavy atom. The van der Waals surface area contributed by atoms with Gasteiger partial charge in [0.25, 0.3) is 5.91 Å². The number of carbonyl (C=O) groups is 1. The largest absolute Gasteiger partial charge is 0.368 e. The number of hydrogen-bond acceptors (Lipinski definition) is 5. The van der Waals surface area contributed by atoms with Gasteiger partial charge in [0.05, 0.1) is 6.04 Å². The van der Waals surface area contributed by atoms with Gasteiger partial charge in [-0.1, -0.05) is 37.5 Å². The molecule has 1 aliphatic carbocycles. The van der Waals surface area contributed by atoms with Gasteiger partial charge in [0.15, 0.2) is 5.82 Å². The smallest absolute Gasteiger partial charge is 0.253 e. The van der Waals surface area contributed by atoms with Gasteiger partial charge in [-0.05, 0) is 47.7 Å². The van der Waals surface area contributed by atoms with Crippen molar-refractivity contribution in [1.82, 2.24) is 20.2 Å². The van der Waals surface area contributed by atoms with Gasteiger partial charge in [-0.2, -0.15) is 0 Å². The summed E-state index contributed by atoms with van der Waals surface area (Å²) in [5.41, 5.74) is 2.03. The van der Waals surface area contributed by atoms with E-state index in [1.165, 1.54) is 32.1 Å². The minimum absolute atomic E-state index is 0.0464. The monoisotopic (exact) mass is 369 g/mol. The third-order valence-corrected chi connectivity index (χ3v) is 5.57. The summed E-state index contributed by atoms with van der Waals surface area (Å²) in [6, 6.07) is 8.35. The van der Waals surface area contributed by atoms with Crippen LogP contribution in [0.3, 0.4) is 0 Å². The second-order valence-corrected chi connectivity index (χ2v) is 7.50. The summed E-state index contributed by atoms with van der Waals surface area (Å²) in [6.07, 6.45) is 9.17. The first-order chi connectivity index (χ1) is 13.3. The third kappa shape index (κ3) is 4.35. The Kier molecular flexibility index (Phi) is 5.77. The van der Waals surface area contributed by atoms with E-state index in [1.807, 2.05) is 28.9 Å². The van der Waals surface area contributed by atoms with Gasteiger partial charge in [-0.25, -0.2) is 4.68 Å². The van der Waals surface area contributed by atoms with Crippen LogP contribution in [-0.4, -0.2) is 38.8 Å². The Morgan fingerprint density at radius 1 is 1.15 bits per heavy atom. The molecule has 27 heavy (non-hydrogen) atoms. The molecule has 0 radical (unpaired) electrons. The fraction of sp³-hybridized carbons (Fsp3) is 0.600. The standard InChI is InChI=1S/C20H27N5O2/c26-20-18(14-15-8-4-5-11-17(15)21-20)27-13-7-6-12-19-22-23-24-25(19)16-9-2-1-3-10-16/h4-5,8,11,16,18H,1-3,6-7,9-10,12-14H2,(H,21,26). The summed E-state index contributed by atoms with van der Waals surface area (Å²) < 4.78 is 7.88. The van der Waals surface area contributed by atoms with Crippen LogP contribution in [0.1, 0.15) is 62.4 Å². The van der Waals surface area contributed by atoms with Crippen LogP contribution in [0.4, 0.5) is 5.69 Å². The number of fused-ring (bicyclic) bond motifs is 1. The summed E-state index contributed by atoms with van der Waals surface area (Å²) in [7, 11) is 0. The number of hydrogen-bond donors (Lipinski definition) is 1. The number of benzene rings is 1. The molecule has 1 atom stereocenters. The van der Waals surface area contributed by atoms with E-state index in [0.717, 1.165) is 36.3 Å². The number of nitrogens with zero attached hydrogens (tertiary/aromatic N) is 4. The summed E-state index contributed by atoms with van der Waals surface area (Å²) in [5, 5.41) is 15.2. The van der Waals surface area contributed by atoms with E-state index in [1.54, 1.807) is 0 Å². The highest BCUT2D eigenvalue weighted by Gasteiger charge is 2.26. The average Bonchev–Trinajstić information content (AvgIpc) is 3.17. The van der Waals surface area contributed by atoms with Gasteiger partial charge >= 0.3 is 0 Å². The molecule has 0 bridgehead atoms. The molecule has 1 aromatic carbocycles. The molecule has 0 saturated heterocycles. The summed E-state index contributed by atoms with van der Waals surface area (Å²) in [4.78, 5) is 12.2. The summed E-state index contributed by atoms with van der Waals surface area (Å²) in [6.45, 7) is 0.575. The molecule has 2 aliphatic rings. The molecule has 4 rings (SSSR count). The van der Waals surface area contributed by atoms with Crippen LogP contribution in [-0.2, 0) is 22.4 Å². The highest BCUT2D eigenvalue weighted by atomic mass is 16.5. The van der Waals surface area contributed by atoms with Crippen molar-refractivity contribution in [1.29, 1.82) is 0 Å². The number of aryl methyl sites for hydroxylation is 1. The average molecular weight is 369 g/mol. The lowest BCUT2D eigenvalue weighted by Gasteiger charge is -2.24. The maximum atomic E-state index is 12.2. The lowest BCUT2D eigenvalue weighted by molar-refractivity contribution is -0.127. The first-order valence-corrected chi connectivity index (χ1v) is 10.1. The number of para-hydroxylation sites is 1. The molecule has 2 aromatic rings. The molecule has 1 aromatic heterocycles. The van der Waals surface area contributed by atoms with E-state index in [-0.39, 0.29) is 5.91 Å².